The van der Waals surface area contributed by atoms with Gasteiger partial charge in [-0.3, -0.25) is 4.79 Å². The quantitative estimate of drug-likeness (QED) is 0.448. The van der Waals surface area contributed by atoms with Crippen molar-refractivity contribution in [1.82, 2.24) is 0 Å². The first-order chi connectivity index (χ1) is 4.68. The minimum absolute atomic E-state index is 0.0938. The molecule has 0 saturated heterocycles. The van der Waals surface area contributed by atoms with E-state index < -0.39 is 5.91 Å². The van der Waals surface area contributed by atoms with Crippen LogP contribution in [-0.4, -0.2) is 29.3 Å². The van der Waals surface area contributed by atoms with Gasteiger partial charge in [0.05, 0.1) is 0 Å². The van der Waals surface area contributed by atoms with Gasteiger partial charge >= 0.3 is 0 Å². The number of rotatable bonds is 3. The van der Waals surface area contributed by atoms with Crippen molar-refractivity contribution in [3.8, 4) is 0 Å². The van der Waals surface area contributed by atoms with Crippen molar-refractivity contribution in [1.29, 1.82) is 0 Å². The van der Waals surface area contributed by atoms with Crippen LogP contribution < -0.4 is 5.73 Å². The van der Waals surface area contributed by atoms with Gasteiger partial charge in [0.25, 0.3) is 0 Å². The fourth-order valence-corrected chi connectivity index (χ4v) is 0.0707. The third-order valence-electron chi connectivity index (χ3n) is 0.517. The van der Waals surface area contributed by atoms with E-state index in [0.29, 0.717) is 6.42 Å². The largest absolute Gasteiger partial charge is 0.396 e. The zero-order valence-electron chi connectivity index (χ0n) is 5.79. The summed E-state index contributed by atoms with van der Waals surface area (Å²) in [6, 6.07) is 0. The molecule has 0 aromatic rings. The van der Waals surface area contributed by atoms with Gasteiger partial charge in [-0.2, -0.15) is 0 Å². The second-order valence-electron chi connectivity index (χ2n) is 1.41. The molecule has 0 bridgehead atoms. The molecule has 0 radical (unpaired) electrons. The predicted octanol–water partition coefficient (Wildman–Crippen LogP) is -0.981. The molecule has 4 heteroatoms. The van der Waals surface area contributed by atoms with Gasteiger partial charge < -0.3 is 15.9 Å². The fraction of sp³-hybridized carbons (Fsp3) is 0.500. The van der Waals surface area contributed by atoms with Gasteiger partial charge in [0.2, 0.25) is 5.91 Å². The van der Waals surface area contributed by atoms with Gasteiger partial charge in [-0.05, 0) is 12.5 Å². The second kappa shape index (κ2) is 11.0. The highest BCUT2D eigenvalue weighted by molar-refractivity contribution is 5.84. The number of carbonyl (C=O) groups is 1. The lowest BCUT2D eigenvalue weighted by molar-refractivity contribution is -0.113. The molecule has 0 spiro atoms. The first-order valence-corrected chi connectivity index (χ1v) is 2.82. The lowest BCUT2D eigenvalue weighted by atomic mass is 10.5. The Bertz CT molecular complexity index is 91.0. The molecule has 0 aromatic carbocycles. The molecule has 4 nitrogen and oxygen atoms in total. The Hall–Kier alpha value is -0.870. The summed E-state index contributed by atoms with van der Waals surface area (Å²) >= 11 is 0. The van der Waals surface area contributed by atoms with Crippen molar-refractivity contribution in [2.24, 2.45) is 5.73 Å². The molecule has 1 amide bonds. The highest BCUT2D eigenvalue weighted by Crippen LogP contribution is 1.65. The van der Waals surface area contributed by atoms with Gasteiger partial charge in [-0.25, -0.2) is 0 Å². The average Bonchev–Trinajstić information content (AvgIpc) is 1.91. The van der Waals surface area contributed by atoms with Crippen LogP contribution in [0.1, 0.15) is 6.42 Å². The van der Waals surface area contributed by atoms with E-state index in [-0.39, 0.29) is 13.2 Å². The number of amides is 1. The smallest absolute Gasteiger partial charge is 0.240 e. The van der Waals surface area contributed by atoms with Crippen molar-refractivity contribution in [2.45, 2.75) is 6.42 Å². The van der Waals surface area contributed by atoms with Crippen LogP contribution in [0, 0.1) is 0 Å². The Morgan fingerprint density at radius 2 is 1.80 bits per heavy atom. The van der Waals surface area contributed by atoms with Gasteiger partial charge in [-0.15, -0.1) is 0 Å². The summed E-state index contributed by atoms with van der Waals surface area (Å²) in [5.41, 5.74) is 4.53. The lowest BCUT2D eigenvalue weighted by Crippen LogP contribution is -2.04. The van der Waals surface area contributed by atoms with Crippen LogP contribution >= 0.6 is 0 Å². The second-order valence-corrected chi connectivity index (χ2v) is 1.41. The standard InChI is InChI=1S/C3H5NO.C3H8O2/c1-2-3(4)5;4-2-1-3-5/h2H,1H2,(H2,4,5);4-5H,1-3H2. The number of hydrogen-bond acceptors (Lipinski definition) is 3. The minimum Gasteiger partial charge on any atom is -0.396 e. The summed E-state index contributed by atoms with van der Waals surface area (Å²) in [6.07, 6.45) is 1.56. The van der Waals surface area contributed by atoms with E-state index in [9.17, 15) is 4.79 Å². The van der Waals surface area contributed by atoms with E-state index in [0.717, 1.165) is 6.08 Å². The van der Waals surface area contributed by atoms with Crippen molar-refractivity contribution in [3.63, 3.8) is 0 Å². The summed E-state index contributed by atoms with van der Waals surface area (Å²) in [6.45, 7) is 3.27. The fourth-order valence-electron chi connectivity index (χ4n) is 0.0707. The molecule has 0 saturated carbocycles. The topological polar surface area (TPSA) is 83.6 Å². The average molecular weight is 147 g/mol. The van der Waals surface area contributed by atoms with E-state index in [2.05, 4.69) is 12.3 Å². The summed E-state index contributed by atoms with van der Waals surface area (Å²) in [5, 5.41) is 15.8. The van der Waals surface area contributed by atoms with Gasteiger partial charge in [0.15, 0.2) is 0 Å². The van der Waals surface area contributed by atoms with Crippen LogP contribution in [-0.2, 0) is 4.79 Å². The summed E-state index contributed by atoms with van der Waals surface area (Å²) in [5.74, 6) is -0.481. The van der Waals surface area contributed by atoms with Crippen LogP contribution in [0.15, 0.2) is 12.7 Å². The Morgan fingerprint density at radius 3 is 1.80 bits per heavy atom. The van der Waals surface area contributed by atoms with E-state index in [1.165, 1.54) is 0 Å². The minimum atomic E-state index is -0.481. The van der Waals surface area contributed by atoms with Crippen LogP contribution in [0.2, 0.25) is 0 Å². The SMILES string of the molecule is C=CC(N)=O.OCCCO. The molecule has 10 heavy (non-hydrogen) atoms. The molecule has 4 N–H and O–H groups in total. The molecule has 0 aliphatic rings. The first-order valence-electron chi connectivity index (χ1n) is 2.82. The van der Waals surface area contributed by atoms with Crippen LogP contribution in [0.3, 0.4) is 0 Å². The third kappa shape index (κ3) is 27.3. The maximum Gasteiger partial charge on any atom is 0.240 e. The van der Waals surface area contributed by atoms with Crippen molar-refractivity contribution in [3.05, 3.63) is 12.7 Å². The van der Waals surface area contributed by atoms with Crippen molar-refractivity contribution >= 4 is 5.91 Å². The van der Waals surface area contributed by atoms with E-state index in [1.54, 1.807) is 0 Å². The van der Waals surface area contributed by atoms with Gasteiger partial charge in [0, 0.05) is 13.2 Å². The summed E-state index contributed by atoms with van der Waals surface area (Å²) in [4.78, 5) is 9.47. The Kier molecular flexibility index (Phi) is 13.1. The molecule has 0 aromatic heterocycles. The van der Waals surface area contributed by atoms with E-state index in [4.69, 9.17) is 10.2 Å². The van der Waals surface area contributed by atoms with Crippen LogP contribution in [0.4, 0.5) is 0 Å². The molecule has 0 aliphatic heterocycles. The maximum atomic E-state index is 9.47. The number of nitrogens with two attached hydrogens (primary N) is 1. The zero-order valence-corrected chi connectivity index (χ0v) is 5.79. The van der Waals surface area contributed by atoms with Crippen molar-refractivity contribution in [2.75, 3.05) is 13.2 Å². The van der Waals surface area contributed by atoms with E-state index >= 15 is 0 Å². The molecule has 0 fully saturated rings. The number of aliphatic hydroxyl groups excluding tert-OH is 2. The van der Waals surface area contributed by atoms with Crippen molar-refractivity contribution < 1.29 is 15.0 Å². The Morgan fingerprint density at radius 1 is 1.50 bits per heavy atom. The summed E-state index contributed by atoms with van der Waals surface area (Å²) < 4.78 is 0. The van der Waals surface area contributed by atoms with Gasteiger partial charge in [0.1, 0.15) is 0 Å². The molecule has 60 valence electrons. The van der Waals surface area contributed by atoms with Crippen LogP contribution in [0.25, 0.3) is 0 Å². The third-order valence-corrected chi connectivity index (χ3v) is 0.517. The first kappa shape index (κ1) is 11.9. The normalized spacial score (nSPS) is 7.40. The van der Waals surface area contributed by atoms with Gasteiger partial charge in [-0.1, -0.05) is 6.58 Å². The van der Waals surface area contributed by atoms with Crippen LogP contribution in [0.5, 0.6) is 0 Å². The molecule has 0 heterocycles. The molecule has 0 rings (SSSR count). The number of aliphatic hydroxyl groups is 2. The predicted molar refractivity (Wildman–Crippen MR) is 38.2 cm³/mol. The highest BCUT2D eigenvalue weighted by Gasteiger charge is 1.70. The monoisotopic (exact) mass is 147 g/mol. The molecular formula is C6H13NO3. The number of primary amides is 1. The lowest BCUT2D eigenvalue weighted by Gasteiger charge is -1.79. The maximum absolute atomic E-state index is 9.47. The molecule has 0 aliphatic carbocycles. The zero-order chi connectivity index (χ0) is 8.41. The molecule has 0 unspecified atom stereocenters. The molecule has 0 atom stereocenters. The number of carbonyl (C=O) groups excluding carboxylic acids is 1. The summed E-state index contributed by atoms with van der Waals surface area (Å²) in [7, 11) is 0. The Labute approximate surface area is 60.0 Å². The van der Waals surface area contributed by atoms with E-state index in [1.807, 2.05) is 0 Å². The number of hydrogen-bond donors (Lipinski definition) is 3. The highest BCUT2D eigenvalue weighted by atomic mass is 16.3. The molecular weight excluding hydrogens is 134 g/mol. The Balaban J connectivity index is 0.